The number of H-pyrrole nitrogens is 1. The Morgan fingerprint density at radius 1 is 0.256 bits per heavy atom. The maximum Gasteiger partial charge on any atom is 0.238 e. The fourth-order valence-corrected chi connectivity index (χ4v) is 16.0. The minimum atomic E-state index is 0.521. The van der Waals surface area contributed by atoms with E-state index in [1.54, 1.807) is 0 Å². The number of aromatic nitrogens is 14. The SMILES string of the molecule is Brc1cc(-c2ccccc2)cc(-c2ccccc2)n1.c1ccc(-c2cc(-c3ccccc3)nc(-n3c4ccncc4c4c5c(ccc43)c(-c3ccccc3)cn5-c3nc(-c4ccccc4)nc(-c4ccccc4)n3)c2)cc1.c1ccc(-c2nc(-c3ccccc3)nc(-n3cc(-c4ccccc4)c4ccc5[nH]c6ccncc6c5c43)n2)cc1. The molecule has 0 aliphatic carbocycles. The van der Waals surface area contributed by atoms with Crippen LogP contribution in [0, 0.1) is 0 Å². The van der Waals surface area contributed by atoms with Crippen molar-refractivity contribution in [1.82, 2.24) is 68.5 Å². The second-order valence-electron chi connectivity index (χ2n) is 28.2. The van der Waals surface area contributed by atoms with Crippen LogP contribution >= 0.6 is 15.9 Å². The summed E-state index contributed by atoms with van der Waals surface area (Å²) >= 11 is 3.50. The highest BCUT2D eigenvalue weighted by Gasteiger charge is 2.26. The van der Waals surface area contributed by atoms with Gasteiger partial charge in [-0.25, -0.2) is 19.9 Å². The van der Waals surface area contributed by atoms with Crippen LogP contribution in [0.3, 0.4) is 0 Å². The van der Waals surface area contributed by atoms with Crippen LogP contribution in [-0.4, -0.2) is 68.5 Å². The number of halogens is 1. The van der Waals surface area contributed by atoms with Crippen LogP contribution in [0.5, 0.6) is 0 Å². The van der Waals surface area contributed by atoms with Crippen molar-refractivity contribution in [2.24, 2.45) is 0 Å². The number of nitrogens with one attached hydrogen (secondary N) is 1. The Morgan fingerprint density at radius 2 is 0.624 bits per heavy atom. The Morgan fingerprint density at radius 3 is 1.07 bits per heavy atom. The number of aromatic amines is 1. The van der Waals surface area contributed by atoms with Gasteiger partial charge in [-0.3, -0.25) is 23.7 Å². The Bertz CT molecular complexity index is 7110. The first kappa shape index (κ1) is 70.5. The van der Waals surface area contributed by atoms with Crippen LogP contribution in [0.4, 0.5) is 0 Å². The highest BCUT2D eigenvalue weighted by Crippen LogP contribution is 2.44. The third-order valence-corrected chi connectivity index (χ3v) is 21.4. The molecular weight excluding hydrogens is 1500 g/mol. The molecule has 0 unspecified atom stereocenters. The maximum atomic E-state index is 5.38. The van der Waals surface area contributed by atoms with Crippen molar-refractivity contribution in [3.63, 3.8) is 0 Å². The predicted octanol–water partition coefficient (Wildman–Crippen LogP) is 25.1. The lowest BCUT2D eigenvalue weighted by atomic mass is 10.0. The Kier molecular flexibility index (Phi) is 18.8. The molecule has 552 valence electrons. The van der Waals surface area contributed by atoms with Gasteiger partial charge in [-0.15, -0.1) is 0 Å². The molecule has 117 heavy (non-hydrogen) atoms. The summed E-state index contributed by atoms with van der Waals surface area (Å²) in [5.74, 6) is 4.34. The molecule has 0 aliphatic rings. The first-order chi connectivity index (χ1) is 57.9. The van der Waals surface area contributed by atoms with Gasteiger partial charge in [-0.05, 0) is 97.8 Å². The summed E-state index contributed by atoms with van der Waals surface area (Å²) in [4.78, 5) is 53.0. The maximum absolute atomic E-state index is 5.38. The number of pyridine rings is 4. The van der Waals surface area contributed by atoms with Gasteiger partial charge in [-0.1, -0.05) is 315 Å². The van der Waals surface area contributed by atoms with Gasteiger partial charge in [0.15, 0.2) is 23.3 Å². The van der Waals surface area contributed by atoms with Crippen molar-refractivity contribution in [2.75, 3.05) is 0 Å². The minimum absolute atomic E-state index is 0.521. The third-order valence-electron chi connectivity index (χ3n) is 21.0. The lowest BCUT2D eigenvalue weighted by Crippen LogP contribution is -2.06. The van der Waals surface area contributed by atoms with Crippen LogP contribution in [0.15, 0.2) is 406 Å². The highest BCUT2D eigenvalue weighted by atomic mass is 79.9. The lowest BCUT2D eigenvalue weighted by Gasteiger charge is -2.13. The number of hydrogen-bond acceptors (Lipinski definition) is 10. The smallest absolute Gasteiger partial charge is 0.238 e. The molecule has 10 aromatic heterocycles. The van der Waals surface area contributed by atoms with E-state index in [-0.39, 0.29) is 0 Å². The summed E-state index contributed by atoms with van der Waals surface area (Å²) < 4.78 is 7.37. The van der Waals surface area contributed by atoms with Gasteiger partial charge in [0.05, 0.1) is 33.5 Å². The summed E-state index contributed by atoms with van der Waals surface area (Å²) in [5, 5.41) is 6.36. The van der Waals surface area contributed by atoms with Crippen molar-refractivity contribution in [3.05, 3.63) is 406 Å². The predicted molar refractivity (Wildman–Crippen MR) is 477 cm³/mol. The monoisotopic (exact) mass is 1570 g/mol. The molecule has 15 heteroatoms. The van der Waals surface area contributed by atoms with Gasteiger partial charge in [0.25, 0.3) is 0 Å². The Balaban J connectivity index is 0.000000128. The quantitative estimate of drug-likeness (QED) is 0.110. The van der Waals surface area contributed by atoms with Crippen molar-refractivity contribution in [1.29, 1.82) is 0 Å². The van der Waals surface area contributed by atoms with E-state index < -0.39 is 0 Å². The number of benzene rings is 12. The van der Waals surface area contributed by atoms with E-state index in [2.05, 4.69) is 227 Å². The molecule has 0 aliphatic heterocycles. The van der Waals surface area contributed by atoms with Gasteiger partial charge in [0.2, 0.25) is 11.9 Å². The van der Waals surface area contributed by atoms with E-state index in [1.807, 2.05) is 219 Å². The zero-order valence-corrected chi connectivity index (χ0v) is 64.4. The minimum Gasteiger partial charge on any atom is -0.354 e. The molecule has 12 aromatic carbocycles. The fraction of sp³-hybridized carbons (Fsp3) is 0. The van der Waals surface area contributed by atoms with Crippen molar-refractivity contribution >= 4 is 81.3 Å². The topological polar surface area (TPSA) is 159 Å². The molecule has 0 amide bonds. The summed E-state index contributed by atoms with van der Waals surface area (Å²) in [6, 6.07) is 124. The third kappa shape index (κ3) is 13.9. The highest BCUT2D eigenvalue weighted by molar-refractivity contribution is 9.10. The summed E-state index contributed by atoms with van der Waals surface area (Å²) in [6.07, 6.45) is 11.9. The molecule has 0 saturated carbocycles. The van der Waals surface area contributed by atoms with Gasteiger partial charge in [0, 0.05) is 125 Å². The van der Waals surface area contributed by atoms with Crippen LogP contribution in [0.25, 0.3) is 196 Å². The molecule has 0 atom stereocenters. The first-order valence-electron chi connectivity index (χ1n) is 38.5. The van der Waals surface area contributed by atoms with Gasteiger partial charge >= 0.3 is 0 Å². The zero-order chi connectivity index (χ0) is 78.0. The molecule has 0 bridgehead atoms. The molecule has 0 radical (unpaired) electrons. The standard InChI is InChI=1S/C51H33N7.C34H22N6.C17H12BrN/c1-6-16-34(17-7-1)39-30-43(36-20-10-3-11-21-36)53-46(31-39)58-44-28-29-52-32-41(44)47-45(58)27-26-40-42(35-18-8-2-9-19-35)33-57(48(40)47)51-55-49(37-22-12-4-13-23-37)54-50(56-51)38-24-14-5-15-25-38;1-4-10-22(11-5-1)27-21-40(31-25(27)16-17-29-30(31)26-20-35-19-18-28(26)36-29)34-38-32(23-12-6-2-7-13-23)37-33(39-34)24-14-8-3-9-15-24;18-17-12-15(13-7-3-1-4-8-13)11-16(19-17)14-9-5-2-6-10-14/h1-33H;1-21,36H;1-12H. The van der Waals surface area contributed by atoms with Crippen LogP contribution in [0.1, 0.15) is 0 Å². The molecule has 0 spiro atoms. The van der Waals surface area contributed by atoms with E-state index in [0.717, 1.165) is 154 Å². The molecular formula is C102H67BrN14. The molecule has 22 aromatic rings. The second-order valence-corrected chi connectivity index (χ2v) is 29.0. The summed E-state index contributed by atoms with van der Waals surface area (Å²) in [6.45, 7) is 0. The average molecular weight is 1570 g/mol. The fourth-order valence-electron chi connectivity index (χ4n) is 15.5. The zero-order valence-electron chi connectivity index (χ0n) is 62.8. The van der Waals surface area contributed by atoms with Crippen LogP contribution in [0.2, 0.25) is 0 Å². The van der Waals surface area contributed by atoms with Crippen LogP contribution < -0.4 is 0 Å². The largest absolute Gasteiger partial charge is 0.354 e. The lowest BCUT2D eigenvalue weighted by molar-refractivity contribution is 0.935. The molecule has 0 saturated heterocycles. The Hall–Kier alpha value is -15.6. The van der Waals surface area contributed by atoms with Gasteiger partial charge in [-0.2, -0.15) is 19.9 Å². The van der Waals surface area contributed by atoms with E-state index in [0.29, 0.717) is 35.2 Å². The van der Waals surface area contributed by atoms with Crippen molar-refractivity contribution < 1.29 is 0 Å². The van der Waals surface area contributed by atoms with Crippen LogP contribution in [-0.2, 0) is 0 Å². The van der Waals surface area contributed by atoms with E-state index in [1.165, 1.54) is 11.1 Å². The number of rotatable bonds is 13. The molecule has 1 N–H and O–H groups in total. The average Bonchev–Trinajstić information content (AvgIpc) is 1.55. The first-order valence-corrected chi connectivity index (χ1v) is 39.3. The Labute approximate surface area is 681 Å². The normalized spacial score (nSPS) is 11.3. The summed E-state index contributed by atoms with van der Waals surface area (Å²) in [7, 11) is 0. The van der Waals surface area contributed by atoms with Gasteiger partial charge in [0.1, 0.15) is 10.4 Å². The number of nitrogens with zero attached hydrogens (tertiary/aromatic N) is 13. The molecule has 0 fully saturated rings. The summed E-state index contributed by atoms with van der Waals surface area (Å²) in [5.41, 5.74) is 22.8. The van der Waals surface area contributed by atoms with Crippen molar-refractivity contribution in [3.8, 4) is 130 Å². The van der Waals surface area contributed by atoms with E-state index in [4.69, 9.17) is 39.9 Å². The van der Waals surface area contributed by atoms with E-state index in [9.17, 15) is 0 Å². The second kappa shape index (κ2) is 31.2. The van der Waals surface area contributed by atoms with Gasteiger partial charge < -0.3 is 4.98 Å². The van der Waals surface area contributed by atoms with E-state index >= 15 is 0 Å². The van der Waals surface area contributed by atoms with Crippen molar-refractivity contribution in [2.45, 2.75) is 0 Å². The number of fused-ring (bicyclic) bond motifs is 10. The molecule has 10 heterocycles. The molecule has 14 nitrogen and oxygen atoms in total. The molecule has 22 rings (SSSR count). The number of hydrogen-bond donors (Lipinski definition) is 1.